The van der Waals surface area contributed by atoms with E-state index < -0.39 is 12.1 Å². The Balaban J connectivity index is 2.36. The summed E-state index contributed by atoms with van der Waals surface area (Å²) in [5, 5.41) is 11.8. The lowest BCUT2D eigenvalue weighted by Gasteiger charge is -2.26. The summed E-state index contributed by atoms with van der Waals surface area (Å²) in [6.45, 7) is 0.388. The molecule has 2 N–H and O–H groups in total. The molecule has 1 aliphatic rings. The average Bonchev–Trinajstić information content (AvgIpc) is 2.53. The minimum absolute atomic E-state index is 0.0359. The number of aromatic carboxylic acids is 1. The number of nitrogens with zero attached hydrogens (tertiary/aromatic N) is 2. The number of hydrogen-bond donors (Lipinski definition) is 2. The van der Waals surface area contributed by atoms with Gasteiger partial charge < -0.3 is 24.6 Å². The highest BCUT2D eigenvalue weighted by Crippen LogP contribution is 2.34. The minimum atomic E-state index is -1.08. The fourth-order valence-corrected chi connectivity index (χ4v) is 1.92. The molecule has 0 aliphatic carbocycles. The zero-order chi connectivity index (χ0) is 13.4. The van der Waals surface area contributed by atoms with Crippen LogP contribution in [-0.2, 0) is 11.8 Å². The predicted octanol–water partition coefficient (Wildman–Crippen LogP) is -0.0156. The number of aryl methyl sites for hydroxylation is 1. The van der Waals surface area contributed by atoms with Crippen LogP contribution in [0.15, 0.2) is 6.20 Å². The number of amides is 1. The van der Waals surface area contributed by atoms with Crippen LogP contribution >= 0.6 is 0 Å². The highest BCUT2D eigenvalue weighted by atomic mass is 16.5. The summed E-state index contributed by atoms with van der Waals surface area (Å²) in [5.41, 5.74) is 0.434. The van der Waals surface area contributed by atoms with Crippen LogP contribution in [0.4, 0.5) is 5.69 Å². The largest absolute Gasteiger partial charge is 0.476 e. The first-order valence-corrected chi connectivity index (χ1v) is 5.45. The molecular weight excluding hydrogens is 238 g/mol. The fraction of sp³-hybridized carbons (Fsp3) is 0.455. The molecule has 0 aromatic carbocycles. The van der Waals surface area contributed by atoms with E-state index in [1.165, 1.54) is 10.8 Å². The molecule has 0 spiro atoms. The third-order valence-electron chi connectivity index (χ3n) is 2.68. The third-order valence-corrected chi connectivity index (χ3v) is 2.68. The molecule has 2 heterocycles. The second-order valence-corrected chi connectivity index (χ2v) is 4.49. The van der Waals surface area contributed by atoms with Crippen LogP contribution in [0.1, 0.15) is 10.5 Å². The molecule has 2 rings (SSSR count). The van der Waals surface area contributed by atoms with Crippen LogP contribution in [0.25, 0.3) is 0 Å². The van der Waals surface area contributed by atoms with Crippen molar-refractivity contribution in [1.82, 2.24) is 9.47 Å². The Bertz CT molecular complexity index is 507. The van der Waals surface area contributed by atoms with Gasteiger partial charge in [0.1, 0.15) is 5.69 Å². The molecule has 0 radical (unpaired) electrons. The molecule has 1 atom stereocenters. The molecule has 7 nitrogen and oxygen atoms in total. The van der Waals surface area contributed by atoms with Gasteiger partial charge in [0.25, 0.3) is 5.91 Å². The summed E-state index contributed by atoms with van der Waals surface area (Å²) in [5.74, 6) is -1.13. The summed E-state index contributed by atoms with van der Waals surface area (Å²) in [7, 11) is 5.22. The summed E-state index contributed by atoms with van der Waals surface area (Å²) in [6.07, 6.45) is 0.829. The standard InChI is InChI=1S/C11H15N3O4/c1-13(2)5-7-10(15)12-6-4-14(3)8(11(16)17)9(6)18-7/h4,7H,5H2,1-3H3,(H,12,15)(H,16,17). The lowest BCUT2D eigenvalue weighted by atomic mass is 10.2. The van der Waals surface area contributed by atoms with Crippen LogP contribution < -0.4 is 10.1 Å². The Kier molecular flexibility index (Phi) is 3.00. The van der Waals surface area contributed by atoms with Gasteiger partial charge in [0.05, 0.1) is 0 Å². The first-order valence-electron chi connectivity index (χ1n) is 5.45. The number of anilines is 1. The zero-order valence-electron chi connectivity index (χ0n) is 10.4. The molecule has 1 unspecified atom stereocenters. The molecule has 98 valence electrons. The van der Waals surface area contributed by atoms with Crippen LogP contribution in [-0.4, -0.2) is 53.2 Å². The fourth-order valence-electron chi connectivity index (χ4n) is 1.92. The van der Waals surface area contributed by atoms with Crippen LogP contribution in [0.5, 0.6) is 5.75 Å². The zero-order valence-corrected chi connectivity index (χ0v) is 10.4. The molecule has 0 bridgehead atoms. The van der Waals surface area contributed by atoms with E-state index >= 15 is 0 Å². The van der Waals surface area contributed by atoms with Crippen molar-refractivity contribution >= 4 is 17.6 Å². The van der Waals surface area contributed by atoms with Crippen molar-refractivity contribution in [2.45, 2.75) is 6.10 Å². The van der Waals surface area contributed by atoms with Crippen molar-refractivity contribution in [3.05, 3.63) is 11.9 Å². The topological polar surface area (TPSA) is 83.8 Å². The van der Waals surface area contributed by atoms with Gasteiger partial charge in [-0.05, 0) is 14.1 Å². The van der Waals surface area contributed by atoms with Crippen molar-refractivity contribution in [2.24, 2.45) is 7.05 Å². The average molecular weight is 253 g/mol. The van der Waals surface area contributed by atoms with Crippen LogP contribution in [0.3, 0.4) is 0 Å². The number of carboxylic acid groups (broad SMARTS) is 1. The van der Waals surface area contributed by atoms with Crippen LogP contribution in [0.2, 0.25) is 0 Å². The normalized spacial score (nSPS) is 18.2. The molecule has 1 aliphatic heterocycles. The first kappa shape index (κ1) is 12.4. The summed E-state index contributed by atoms with van der Waals surface area (Å²) in [4.78, 5) is 24.7. The van der Waals surface area contributed by atoms with Gasteiger partial charge in [0.15, 0.2) is 17.5 Å². The molecule has 1 aromatic rings. The maximum Gasteiger partial charge on any atom is 0.356 e. The minimum Gasteiger partial charge on any atom is -0.476 e. The smallest absolute Gasteiger partial charge is 0.356 e. The Hall–Kier alpha value is -2.02. The van der Waals surface area contributed by atoms with Gasteiger partial charge >= 0.3 is 5.97 Å². The highest BCUT2D eigenvalue weighted by Gasteiger charge is 2.33. The number of fused-ring (bicyclic) bond motifs is 1. The predicted molar refractivity (Wildman–Crippen MR) is 64.0 cm³/mol. The van der Waals surface area contributed by atoms with Gasteiger partial charge in [-0.25, -0.2) is 4.79 Å². The Morgan fingerprint density at radius 1 is 1.61 bits per heavy atom. The van der Waals surface area contributed by atoms with E-state index in [0.29, 0.717) is 12.2 Å². The summed E-state index contributed by atoms with van der Waals surface area (Å²) >= 11 is 0. The quantitative estimate of drug-likeness (QED) is 0.791. The van der Waals surface area contributed by atoms with Crippen molar-refractivity contribution < 1.29 is 19.4 Å². The van der Waals surface area contributed by atoms with E-state index in [-0.39, 0.29) is 17.4 Å². The number of ether oxygens (including phenoxy) is 1. The Morgan fingerprint density at radius 3 is 2.83 bits per heavy atom. The number of carbonyl (C=O) groups is 2. The maximum absolute atomic E-state index is 11.8. The number of aromatic nitrogens is 1. The van der Waals surface area contributed by atoms with E-state index in [1.807, 2.05) is 14.1 Å². The lowest BCUT2D eigenvalue weighted by Crippen LogP contribution is -2.43. The monoisotopic (exact) mass is 253 g/mol. The van der Waals surface area contributed by atoms with Crippen molar-refractivity contribution in [3.63, 3.8) is 0 Å². The molecule has 1 amide bonds. The second kappa shape index (κ2) is 4.34. The Morgan fingerprint density at radius 2 is 2.28 bits per heavy atom. The van der Waals surface area contributed by atoms with Gasteiger partial charge in [-0.1, -0.05) is 0 Å². The summed E-state index contributed by atoms with van der Waals surface area (Å²) < 4.78 is 6.93. The lowest BCUT2D eigenvalue weighted by molar-refractivity contribution is -0.124. The van der Waals surface area contributed by atoms with E-state index in [0.717, 1.165) is 0 Å². The van der Waals surface area contributed by atoms with Gasteiger partial charge in [-0.15, -0.1) is 0 Å². The molecule has 18 heavy (non-hydrogen) atoms. The van der Waals surface area contributed by atoms with Crippen LogP contribution in [0, 0.1) is 0 Å². The number of carbonyl (C=O) groups excluding carboxylic acids is 1. The number of likely N-dealkylation sites (N-methyl/N-ethyl adjacent to an activating group) is 1. The second-order valence-electron chi connectivity index (χ2n) is 4.49. The van der Waals surface area contributed by atoms with E-state index in [9.17, 15) is 9.59 Å². The van der Waals surface area contributed by atoms with Gasteiger partial charge in [0, 0.05) is 19.8 Å². The van der Waals surface area contributed by atoms with Crippen molar-refractivity contribution in [2.75, 3.05) is 26.0 Å². The molecule has 0 saturated heterocycles. The van der Waals surface area contributed by atoms with E-state index in [2.05, 4.69) is 5.32 Å². The number of rotatable bonds is 3. The van der Waals surface area contributed by atoms with Crippen molar-refractivity contribution in [1.29, 1.82) is 0 Å². The van der Waals surface area contributed by atoms with E-state index in [1.54, 1.807) is 11.9 Å². The molecule has 0 saturated carbocycles. The number of hydrogen-bond acceptors (Lipinski definition) is 4. The third kappa shape index (κ3) is 2.04. The molecular formula is C11H15N3O4. The molecule has 7 heteroatoms. The van der Waals surface area contributed by atoms with Gasteiger partial charge in [-0.3, -0.25) is 4.79 Å². The number of nitrogens with one attached hydrogen (secondary N) is 1. The van der Waals surface area contributed by atoms with Gasteiger partial charge in [-0.2, -0.15) is 0 Å². The Labute approximate surface area is 104 Å². The van der Waals surface area contributed by atoms with Crippen molar-refractivity contribution in [3.8, 4) is 5.75 Å². The molecule has 1 aromatic heterocycles. The SMILES string of the molecule is CN(C)CC1Oc2c(cn(C)c2C(=O)O)NC1=O. The maximum atomic E-state index is 11.8. The van der Waals surface area contributed by atoms with E-state index in [4.69, 9.17) is 9.84 Å². The highest BCUT2D eigenvalue weighted by molar-refractivity contribution is 6.01. The van der Waals surface area contributed by atoms with Gasteiger partial charge in [0.2, 0.25) is 0 Å². The molecule has 0 fully saturated rings. The first-order chi connectivity index (χ1) is 8.40. The summed E-state index contributed by atoms with van der Waals surface area (Å²) in [6, 6.07) is 0. The number of carboxylic acids is 1.